The molecule has 1 saturated heterocycles. The highest BCUT2D eigenvalue weighted by atomic mass is 32.2. The van der Waals surface area contributed by atoms with Gasteiger partial charge in [-0.1, -0.05) is 18.2 Å². The molecule has 2 fully saturated rings. The van der Waals surface area contributed by atoms with Crippen LogP contribution in [-0.4, -0.2) is 48.1 Å². The van der Waals surface area contributed by atoms with Crippen LogP contribution in [0, 0.1) is 6.92 Å². The van der Waals surface area contributed by atoms with Gasteiger partial charge < -0.3 is 15.7 Å². The molecule has 184 valence electrons. The molecule has 2 aliphatic rings. The number of amides is 1. The van der Waals surface area contributed by atoms with Crippen LogP contribution in [0.5, 0.6) is 0 Å². The monoisotopic (exact) mass is 493 g/mol. The van der Waals surface area contributed by atoms with Crippen molar-refractivity contribution in [1.82, 2.24) is 10.3 Å². The molecule has 2 aromatic carbocycles. The number of sulfone groups is 1. The van der Waals surface area contributed by atoms with Gasteiger partial charge in [-0.3, -0.25) is 9.78 Å². The molecule has 35 heavy (non-hydrogen) atoms. The standard InChI is InChI=1S/C27H31N3O4S/c1-18-24(30-26(31)22-6-4-21(5-7-22)20-2-3-20)9-8-23-14-19(16-29-25(18)23)15-28-17-27(32)10-12-35(33,34)13-11-27/h4-9,14,16,20,28,32H,2-3,10-13,15,17H2,1H3,(H,30,31). The first-order chi connectivity index (χ1) is 16.7. The molecule has 1 aliphatic carbocycles. The number of aryl methyl sites for hydroxylation is 1. The molecular weight excluding hydrogens is 462 g/mol. The topological polar surface area (TPSA) is 108 Å². The van der Waals surface area contributed by atoms with E-state index in [1.54, 1.807) is 6.20 Å². The van der Waals surface area contributed by atoms with Crippen LogP contribution in [0.2, 0.25) is 0 Å². The lowest BCUT2D eigenvalue weighted by Crippen LogP contribution is -2.46. The zero-order chi connectivity index (χ0) is 24.6. The number of fused-ring (bicyclic) bond motifs is 1. The van der Waals surface area contributed by atoms with Crippen LogP contribution in [-0.2, 0) is 16.4 Å². The molecule has 1 saturated carbocycles. The summed E-state index contributed by atoms with van der Waals surface area (Å²) in [6.45, 7) is 2.81. The van der Waals surface area contributed by atoms with Crippen molar-refractivity contribution in [1.29, 1.82) is 0 Å². The first-order valence-corrected chi connectivity index (χ1v) is 14.0. The zero-order valence-corrected chi connectivity index (χ0v) is 20.7. The Labute approximate surface area is 205 Å². The third-order valence-corrected chi connectivity index (χ3v) is 8.82. The molecule has 0 unspecified atom stereocenters. The fourth-order valence-corrected chi connectivity index (χ4v) is 6.26. The number of aliphatic hydroxyl groups is 1. The smallest absolute Gasteiger partial charge is 0.255 e. The first kappa shape index (κ1) is 23.9. The summed E-state index contributed by atoms with van der Waals surface area (Å²) in [6, 6.07) is 13.8. The van der Waals surface area contributed by atoms with Crippen LogP contribution in [0.15, 0.2) is 48.7 Å². The van der Waals surface area contributed by atoms with Gasteiger partial charge in [0.15, 0.2) is 9.84 Å². The summed E-state index contributed by atoms with van der Waals surface area (Å²) < 4.78 is 23.2. The predicted molar refractivity (Wildman–Crippen MR) is 137 cm³/mol. The second-order valence-corrected chi connectivity index (χ2v) is 12.3. The van der Waals surface area contributed by atoms with Crippen molar-refractivity contribution < 1.29 is 18.3 Å². The van der Waals surface area contributed by atoms with Crippen molar-refractivity contribution in [2.24, 2.45) is 0 Å². The summed E-state index contributed by atoms with van der Waals surface area (Å²) in [5, 5.41) is 17.9. The van der Waals surface area contributed by atoms with E-state index in [1.165, 1.54) is 18.4 Å². The highest BCUT2D eigenvalue weighted by Crippen LogP contribution is 2.40. The van der Waals surface area contributed by atoms with Crippen LogP contribution in [0.25, 0.3) is 10.9 Å². The van der Waals surface area contributed by atoms with Gasteiger partial charge in [0.05, 0.1) is 22.6 Å². The second-order valence-electron chi connectivity index (χ2n) is 9.98. The van der Waals surface area contributed by atoms with Gasteiger partial charge in [0.2, 0.25) is 0 Å². The van der Waals surface area contributed by atoms with E-state index in [-0.39, 0.29) is 30.3 Å². The highest BCUT2D eigenvalue weighted by molar-refractivity contribution is 7.91. The predicted octanol–water partition coefficient (Wildman–Crippen LogP) is 3.70. The van der Waals surface area contributed by atoms with E-state index in [0.29, 0.717) is 24.6 Å². The Hall–Kier alpha value is -2.81. The minimum atomic E-state index is -3.01. The maximum Gasteiger partial charge on any atom is 0.255 e. The number of nitrogens with zero attached hydrogens (tertiary/aromatic N) is 1. The van der Waals surface area contributed by atoms with Crippen molar-refractivity contribution in [3.63, 3.8) is 0 Å². The molecule has 0 radical (unpaired) electrons. The fraction of sp³-hybridized carbons (Fsp3) is 0.407. The van der Waals surface area contributed by atoms with E-state index in [4.69, 9.17) is 0 Å². The number of benzene rings is 2. The second kappa shape index (κ2) is 9.33. The molecule has 2 heterocycles. The van der Waals surface area contributed by atoms with E-state index in [2.05, 4.69) is 15.6 Å². The van der Waals surface area contributed by atoms with Crippen molar-refractivity contribution in [3.8, 4) is 0 Å². The maximum atomic E-state index is 12.8. The molecule has 8 heteroatoms. The lowest BCUT2D eigenvalue weighted by atomic mass is 9.97. The average molecular weight is 494 g/mol. The normalized spacial score (nSPS) is 18.9. The Bertz CT molecular complexity index is 1350. The molecule has 0 atom stereocenters. The van der Waals surface area contributed by atoms with Gasteiger partial charge in [-0.2, -0.15) is 0 Å². The van der Waals surface area contributed by atoms with Gasteiger partial charge in [0.1, 0.15) is 0 Å². The van der Waals surface area contributed by atoms with Crippen LogP contribution in [0.4, 0.5) is 5.69 Å². The van der Waals surface area contributed by atoms with Gasteiger partial charge in [-0.05, 0) is 79.5 Å². The van der Waals surface area contributed by atoms with Gasteiger partial charge in [-0.25, -0.2) is 8.42 Å². The number of aromatic nitrogens is 1. The molecule has 3 N–H and O–H groups in total. The van der Waals surface area contributed by atoms with E-state index in [9.17, 15) is 18.3 Å². The molecule has 1 aliphatic heterocycles. The van der Waals surface area contributed by atoms with Crippen LogP contribution in [0.3, 0.4) is 0 Å². The zero-order valence-electron chi connectivity index (χ0n) is 19.9. The quantitative estimate of drug-likeness (QED) is 0.463. The number of carbonyl (C=O) groups is 1. The molecule has 3 aromatic rings. The maximum absolute atomic E-state index is 12.8. The van der Waals surface area contributed by atoms with E-state index in [0.717, 1.165) is 27.7 Å². The minimum Gasteiger partial charge on any atom is -0.388 e. The Morgan fingerprint density at radius 3 is 2.51 bits per heavy atom. The van der Waals surface area contributed by atoms with Gasteiger partial charge in [-0.15, -0.1) is 0 Å². The SMILES string of the molecule is Cc1c(NC(=O)c2ccc(C3CC3)cc2)ccc2cc(CNCC3(O)CCS(=O)(=O)CC3)cnc12. The molecule has 7 nitrogen and oxygen atoms in total. The molecule has 1 amide bonds. The summed E-state index contributed by atoms with van der Waals surface area (Å²) in [6.07, 6.45) is 4.79. The van der Waals surface area contributed by atoms with Crippen molar-refractivity contribution in [2.45, 2.75) is 50.7 Å². The summed E-state index contributed by atoms with van der Waals surface area (Å²) >= 11 is 0. The Morgan fingerprint density at radius 2 is 1.83 bits per heavy atom. The summed E-state index contributed by atoms with van der Waals surface area (Å²) in [7, 11) is -3.01. The van der Waals surface area contributed by atoms with Crippen LogP contribution < -0.4 is 10.6 Å². The van der Waals surface area contributed by atoms with Crippen molar-refractivity contribution >= 4 is 32.3 Å². The van der Waals surface area contributed by atoms with Crippen molar-refractivity contribution in [2.75, 3.05) is 23.4 Å². The Morgan fingerprint density at radius 1 is 1.11 bits per heavy atom. The average Bonchev–Trinajstić information content (AvgIpc) is 3.69. The summed E-state index contributed by atoms with van der Waals surface area (Å²) in [5.41, 5.74) is 4.39. The molecule has 1 aromatic heterocycles. The van der Waals surface area contributed by atoms with Crippen LogP contribution in [0.1, 0.15) is 58.6 Å². The van der Waals surface area contributed by atoms with Gasteiger partial charge in [0, 0.05) is 35.9 Å². The lowest BCUT2D eigenvalue weighted by molar-refractivity contribution is 0.0303. The molecular formula is C27H31N3O4S. The molecule has 0 bridgehead atoms. The van der Waals surface area contributed by atoms with Crippen LogP contribution >= 0.6 is 0 Å². The fourth-order valence-electron chi connectivity index (χ4n) is 4.68. The number of nitrogens with one attached hydrogen (secondary N) is 2. The highest BCUT2D eigenvalue weighted by Gasteiger charge is 2.34. The van der Waals surface area contributed by atoms with E-state index < -0.39 is 15.4 Å². The molecule has 0 spiro atoms. The van der Waals surface area contributed by atoms with Gasteiger partial charge in [0.25, 0.3) is 5.91 Å². The Balaban J connectivity index is 1.22. The van der Waals surface area contributed by atoms with E-state index >= 15 is 0 Å². The number of carbonyl (C=O) groups excluding carboxylic acids is 1. The largest absolute Gasteiger partial charge is 0.388 e. The lowest BCUT2D eigenvalue weighted by Gasteiger charge is -2.32. The number of rotatable bonds is 7. The minimum absolute atomic E-state index is 0.0344. The number of anilines is 1. The first-order valence-electron chi connectivity index (χ1n) is 12.1. The van der Waals surface area contributed by atoms with E-state index in [1.807, 2.05) is 49.4 Å². The molecule has 5 rings (SSSR count). The summed E-state index contributed by atoms with van der Waals surface area (Å²) in [4.78, 5) is 17.4. The van der Waals surface area contributed by atoms with Gasteiger partial charge >= 0.3 is 0 Å². The number of hydrogen-bond acceptors (Lipinski definition) is 6. The summed E-state index contributed by atoms with van der Waals surface area (Å²) in [5.74, 6) is 0.597. The third-order valence-electron chi connectivity index (χ3n) is 7.17. The number of hydrogen-bond donors (Lipinski definition) is 3. The Kier molecular flexibility index (Phi) is 6.38. The number of pyridine rings is 1. The third kappa shape index (κ3) is 5.55. The van der Waals surface area contributed by atoms with Crippen molar-refractivity contribution in [3.05, 3.63) is 70.9 Å².